The molecule has 3 aromatic carbocycles. The Labute approximate surface area is 186 Å². The van der Waals surface area contributed by atoms with Crippen LogP contribution in [0.2, 0.25) is 0 Å². The van der Waals surface area contributed by atoms with Gasteiger partial charge in [0.15, 0.2) is 0 Å². The predicted octanol–water partition coefficient (Wildman–Crippen LogP) is 5.79. The second-order valence-corrected chi connectivity index (χ2v) is 6.93. The Morgan fingerprint density at radius 3 is 2.06 bits per heavy atom. The molecule has 0 aromatic heterocycles. The molecule has 10 heteroatoms. The largest absolute Gasteiger partial charge is 0.478 e. The average Bonchev–Trinajstić information content (AvgIpc) is 2.75. The number of nitrogens with one attached hydrogen (secondary N) is 2. The summed E-state index contributed by atoms with van der Waals surface area (Å²) in [5, 5.41) is 24.5. The summed E-state index contributed by atoms with van der Waals surface area (Å²) in [6.45, 7) is 3.56. The van der Waals surface area contributed by atoms with E-state index >= 15 is 0 Å². The van der Waals surface area contributed by atoms with Crippen LogP contribution in [0.3, 0.4) is 0 Å². The van der Waals surface area contributed by atoms with Crippen molar-refractivity contribution in [3.05, 3.63) is 82.9 Å². The van der Waals surface area contributed by atoms with E-state index in [1.165, 1.54) is 36.4 Å². The number of hydrogen-bond acceptors (Lipinski definition) is 5. The van der Waals surface area contributed by atoms with E-state index in [1.807, 2.05) is 0 Å². The summed E-state index contributed by atoms with van der Waals surface area (Å²) in [4.78, 5) is 26.9. The third-order valence-corrected chi connectivity index (χ3v) is 4.65. The van der Waals surface area contributed by atoms with Crippen LogP contribution in [0, 0.1) is 0 Å². The Balaban J connectivity index is 2.09. The number of alkyl halides is 3. The Morgan fingerprint density at radius 2 is 1.42 bits per heavy atom. The number of nitrogens with zero attached hydrogens (tertiary/aromatic N) is 1. The van der Waals surface area contributed by atoms with E-state index in [-0.39, 0.29) is 40.4 Å². The highest BCUT2D eigenvalue weighted by Crippen LogP contribution is 2.37. The molecule has 0 radical (unpaired) electrons. The maximum atomic E-state index is 13.3. The van der Waals surface area contributed by atoms with Gasteiger partial charge in [-0.1, -0.05) is 18.2 Å². The molecule has 0 aliphatic heterocycles. The van der Waals surface area contributed by atoms with E-state index in [4.69, 9.17) is 0 Å². The molecule has 3 aromatic rings. The van der Waals surface area contributed by atoms with Crippen LogP contribution in [0.25, 0.3) is 0 Å². The van der Waals surface area contributed by atoms with Crippen molar-refractivity contribution in [1.82, 2.24) is 0 Å². The molecule has 7 nitrogen and oxygen atoms in total. The van der Waals surface area contributed by atoms with E-state index < -0.39 is 23.7 Å². The van der Waals surface area contributed by atoms with Crippen LogP contribution in [0.1, 0.15) is 31.8 Å². The first-order valence-corrected chi connectivity index (χ1v) is 9.46. The number of hydrogen-bond donors (Lipinski definition) is 4. The monoisotopic (exact) mass is 457 g/mol. The molecule has 0 bridgehead atoms. The molecule has 0 spiro atoms. The first-order valence-electron chi connectivity index (χ1n) is 9.46. The number of anilines is 4. The van der Waals surface area contributed by atoms with Gasteiger partial charge in [-0.15, -0.1) is 0 Å². The van der Waals surface area contributed by atoms with Gasteiger partial charge in [0.2, 0.25) is 0 Å². The first kappa shape index (κ1) is 23.3. The van der Waals surface area contributed by atoms with Crippen molar-refractivity contribution in [2.24, 2.45) is 4.99 Å². The van der Waals surface area contributed by atoms with Crippen molar-refractivity contribution < 1.29 is 33.0 Å². The van der Waals surface area contributed by atoms with E-state index in [1.54, 1.807) is 6.07 Å². The van der Waals surface area contributed by atoms with Crippen LogP contribution in [0.5, 0.6) is 0 Å². The molecule has 3 rings (SSSR count). The van der Waals surface area contributed by atoms with Gasteiger partial charge < -0.3 is 20.8 Å². The topological polar surface area (TPSA) is 111 Å². The van der Waals surface area contributed by atoms with Gasteiger partial charge in [-0.25, -0.2) is 9.59 Å². The molecule has 170 valence electrons. The van der Waals surface area contributed by atoms with Crippen molar-refractivity contribution >= 4 is 41.4 Å². The lowest BCUT2D eigenvalue weighted by Crippen LogP contribution is -2.09. The summed E-state index contributed by atoms with van der Waals surface area (Å²) in [5.74, 6) is -2.51. The summed E-state index contributed by atoms with van der Waals surface area (Å²) >= 11 is 0. The summed E-state index contributed by atoms with van der Waals surface area (Å²) in [5.41, 5.74) is -0.417. The Bertz CT molecular complexity index is 1230. The fraction of sp³-hybridized carbons (Fsp3) is 0.0870. The number of aromatic carboxylic acids is 2. The quantitative estimate of drug-likeness (QED) is 0.319. The van der Waals surface area contributed by atoms with Crippen LogP contribution in [0.15, 0.2) is 65.7 Å². The highest BCUT2D eigenvalue weighted by molar-refractivity contribution is 5.98. The molecule has 0 amide bonds. The minimum atomic E-state index is -4.65. The third-order valence-electron chi connectivity index (χ3n) is 4.65. The molecule has 0 saturated heterocycles. The number of carbonyl (C=O) groups is 2. The second kappa shape index (κ2) is 9.43. The summed E-state index contributed by atoms with van der Waals surface area (Å²) in [6.07, 6.45) is -4.65. The van der Waals surface area contributed by atoms with Crippen LogP contribution in [-0.4, -0.2) is 28.9 Å². The lowest BCUT2D eigenvalue weighted by atomic mass is 10.1. The van der Waals surface area contributed by atoms with Crippen LogP contribution >= 0.6 is 0 Å². The highest BCUT2D eigenvalue weighted by Gasteiger charge is 2.31. The zero-order valence-corrected chi connectivity index (χ0v) is 17.0. The molecular weight excluding hydrogens is 439 g/mol. The summed E-state index contributed by atoms with van der Waals surface area (Å²) in [6, 6.07) is 13.0. The molecule has 0 aliphatic rings. The van der Waals surface area contributed by atoms with Crippen molar-refractivity contribution in [3.8, 4) is 0 Å². The number of halogens is 3. The van der Waals surface area contributed by atoms with Crippen molar-refractivity contribution in [1.29, 1.82) is 0 Å². The van der Waals surface area contributed by atoms with Gasteiger partial charge in [-0.05, 0) is 54.7 Å². The number of para-hydroxylation sites is 1. The van der Waals surface area contributed by atoms with E-state index in [0.717, 1.165) is 18.2 Å². The summed E-state index contributed by atoms with van der Waals surface area (Å²) in [7, 11) is 0. The Hall–Kier alpha value is -4.34. The number of rotatable bonds is 8. The van der Waals surface area contributed by atoms with Crippen molar-refractivity contribution in [2.45, 2.75) is 12.7 Å². The Kier molecular flexibility index (Phi) is 6.67. The van der Waals surface area contributed by atoms with Gasteiger partial charge in [0.25, 0.3) is 0 Å². The lowest BCUT2D eigenvalue weighted by Gasteiger charge is -2.18. The van der Waals surface area contributed by atoms with Gasteiger partial charge in [0, 0.05) is 0 Å². The number of carboxylic acid groups (broad SMARTS) is 2. The van der Waals surface area contributed by atoms with E-state index in [9.17, 15) is 33.0 Å². The molecule has 0 aliphatic carbocycles. The first-order chi connectivity index (χ1) is 15.6. The van der Waals surface area contributed by atoms with Gasteiger partial charge in [-0.2, -0.15) is 13.2 Å². The van der Waals surface area contributed by atoms with Crippen molar-refractivity contribution in [2.75, 3.05) is 10.6 Å². The SMILES string of the molecule is C=NCc1ccc(Nc2ccc(C(F)(F)F)cc2Nc2ccccc2C(=O)O)c(C(=O)O)c1. The van der Waals surface area contributed by atoms with Gasteiger partial charge >= 0.3 is 18.1 Å². The third kappa shape index (κ3) is 5.48. The maximum absolute atomic E-state index is 13.3. The predicted molar refractivity (Wildman–Crippen MR) is 118 cm³/mol. The highest BCUT2D eigenvalue weighted by atomic mass is 19.4. The van der Waals surface area contributed by atoms with Crippen molar-refractivity contribution in [3.63, 3.8) is 0 Å². The van der Waals surface area contributed by atoms with Gasteiger partial charge in [0.05, 0.1) is 46.0 Å². The smallest absolute Gasteiger partial charge is 0.416 e. The minimum Gasteiger partial charge on any atom is -0.478 e. The Morgan fingerprint density at radius 1 is 0.818 bits per heavy atom. The standard InChI is InChI=1S/C23H18F3N3O4/c1-27-12-13-6-8-18(16(10-13)22(32)33)28-19-9-7-14(23(24,25)26)11-20(19)29-17-5-3-2-4-15(17)21(30)31/h2-11,28-29H,1,12H2,(H,30,31)(H,32,33). The molecule has 0 fully saturated rings. The van der Waals surface area contributed by atoms with E-state index in [0.29, 0.717) is 5.56 Å². The van der Waals surface area contributed by atoms with Gasteiger partial charge in [0.1, 0.15) is 0 Å². The number of benzene rings is 3. The summed E-state index contributed by atoms with van der Waals surface area (Å²) < 4.78 is 40.0. The van der Waals surface area contributed by atoms with E-state index in [2.05, 4.69) is 22.3 Å². The number of aliphatic imine (C=N–C) groups is 1. The normalized spacial score (nSPS) is 11.0. The average molecular weight is 457 g/mol. The molecule has 0 unspecified atom stereocenters. The second-order valence-electron chi connectivity index (χ2n) is 6.93. The molecule has 0 saturated carbocycles. The zero-order valence-electron chi connectivity index (χ0n) is 17.0. The molecule has 4 N–H and O–H groups in total. The van der Waals surface area contributed by atoms with Crippen LogP contribution in [0.4, 0.5) is 35.9 Å². The fourth-order valence-corrected chi connectivity index (χ4v) is 3.11. The van der Waals surface area contributed by atoms with Gasteiger partial charge in [-0.3, -0.25) is 4.99 Å². The number of carboxylic acids is 2. The minimum absolute atomic E-state index is 0.0678. The molecule has 33 heavy (non-hydrogen) atoms. The van der Waals surface area contributed by atoms with Crippen LogP contribution < -0.4 is 10.6 Å². The molecule has 0 atom stereocenters. The maximum Gasteiger partial charge on any atom is 0.416 e. The fourth-order valence-electron chi connectivity index (χ4n) is 3.11. The zero-order chi connectivity index (χ0) is 24.2. The lowest BCUT2D eigenvalue weighted by molar-refractivity contribution is -0.137. The molecule has 0 heterocycles. The molecular formula is C23H18F3N3O4. The van der Waals surface area contributed by atoms with Crippen LogP contribution in [-0.2, 0) is 12.7 Å².